The fourth-order valence-corrected chi connectivity index (χ4v) is 3.48. The highest BCUT2D eigenvalue weighted by Gasteiger charge is 2.32. The molecule has 1 unspecified atom stereocenters. The Morgan fingerprint density at radius 2 is 2.04 bits per heavy atom. The lowest BCUT2D eigenvalue weighted by Crippen LogP contribution is -2.30. The van der Waals surface area contributed by atoms with Crippen molar-refractivity contribution >= 4 is 5.91 Å². The van der Waals surface area contributed by atoms with Gasteiger partial charge in [0, 0.05) is 18.2 Å². The fourth-order valence-electron chi connectivity index (χ4n) is 3.48. The molecule has 5 nitrogen and oxygen atoms in total. The van der Waals surface area contributed by atoms with Gasteiger partial charge in [-0.3, -0.25) is 4.79 Å². The van der Waals surface area contributed by atoms with Gasteiger partial charge in [-0.25, -0.2) is 4.39 Å². The summed E-state index contributed by atoms with van der Waals surface area (Å²) in [5.74, 6) is 0.414. The molecule has 1 amide bonds. The van der Waals surface area contributed by atoms with Crippen molar-refractivity contribution in [1.82, 2.24) is 10.1 Å². The first-order valence-electron chi connectivity index (χ1n) is 8.83. The largest absolute Gasteiger partial charge is 0.497 e. The van der Waals surface area contributed by atoms with Crippen LogP contribution < -0.4 is 4.74 Å². The topological polar surface area (TPSA) is 55.6 Å². The van der Waals surface area contributed by atoms with Crippen molar-refractivity contribution in [3.8, 4) is 17.0 Å². The van der Waals surface area contributed by atoms with Crippen LogP contribution in [0.25, 0.3) is 11.3 Å². The summed E-state index contributed by atoms with van der Waals surface area (Å²) in [7, 11) is 1.60. The molecule has 3 aromatic rings. The molecule has 1 fully saturated rings. The van der Waals surface area contributed by atoms with E-state index >= 15 is 0 Å². The van der Waals surface area contributed by atoms with Gasteiger partial charge in [0.1, 0.15) is 17.3 Å². The lowest BCUT2D eigenvalue weighted by molar-refractivity contribution is 0.0693. The van der Waals surface area contributed by atoms with Crippen LogP contribution in [-0.2, 0) is 0 Å². The minimum absolute atomic E-state index is 0.0801. The van der Waals surface area contributed by atoms with Crippen molar-refractivity contribution in [1.29, 1.82) is 0 Å². The second-order valence-corrected chi connectivity index (χ2v) is 6.52. The molecule has 1 aliphatic rings. The molecule has 1 aliphatic heterocycles. The van der Waals surface area contributed by atoms with E-state index in [2.05, 4.69) is 5.16 Å². The van der Waals surface area contributed by atoms with Crippen LogP contribution in [0.15, 0.2) is 59.1 Å². The molecular formula is C21H19FN2O3. The third kappa shape index (κ3) is 3.43. The Morgan fingerprint density at radius 3 is 2.81 bits per heavy atom. The summed E-state index contributed by atoms with van der Waals surface area (Å²) < 4.78 is 23.8. The number of carbonyl (C=O) groups excluding carboxylic acids is 1. The van der Waals surface area contributed by atoms with Gasteiger partial charge in [-0.05, 0) is 42.7 Å². The van der Waals surface area contributed by atoms with Crippen molar-refractivity contribution in [2.24, 2.45) is 0 Å². The molecule has 6 heteroatoms. The average molecular weight is 366 g/mol. The van der Waals surface area contributed by atoms with Crippen molar-refractivity contribution in [3.05, 3.63) is 71.7 Å². The molecule has 4 rings (SSSR count). The summed E-state index contributed by atoms with van der Waals surface area (Å²) in [5.41, 5.74) is 2.32. The van der Waals surface area contributed by atoms with Gasteiger partial charge >= 0.3 is 0 Å². The SMILES string of the molecule is COc1cccc(-c2cc(C(=O)N3CCCC3c3ccc(F)cc3)on2)c1. The molecular weight excluding hydrogens is 347 g/mol. The van der Waals surface area contributed by atoms with Gasteiger partial charge in [-0.1, -0.05) is 29.4 Å². The second kappa shape index (κ2) is 7.23. The molecule has 1 saturated heterocycles. The van der Waals surface area contributed by atoms with Crippen LogP contribution >= 0.6 is 0 Å². The minimum Gasteiger partial charge on any atom is -0.497 e. The van der Waals surface area contributed by atoms with Gasteiger partial charge in [0.2, 0.25) is 5.76 Å². The molecule has 2 heterocycles. The summed E-state index contributed by atoms with van der Waals surface area (Å²) in [6, 6.07) is 15.3. The van der Waals surface area contributed by atoms with Crippen LogP contribution in [0.2, 0.25) is 0 Å². The highest BCUT2D eigenvalue weighted by atomic mass is 19.1. The van der Waals surface area contributed by atoms with E-state index in [0.29, 0.717) is 18.0 Å². The fraction of sp³-hybridized carbons (Fsp3) is 0.238. The summed E-state index contributed by atoms with van der Waals surface area (Å²) in [5, 5.41) is 4.04. The Kier molecular flexibility index (Phi) is 4.62. The van der Waals surface area contributed by atoms with Crippen LogP contribution in [0.1, 0.15) is 35.0 Å². The van der Waals surface area contributed by atoms with E-state index in [1.54, 1.807) is 30.2 Å². The molecule has 1 aromatic heterocycles. The number of ether oxygens (including phenoxy) is 1. The van der Waals surface area contributed by atoms with Crippen LogP contribution in [0.5, 0.6) is 5.75 Å². The van der Waals surface area contributed by atoms with E-state index in [4.69, 9.17) is 9.26 Å². The lowest BCUT2D eigenvalue weighted by Gasteiger charge is -2.23. The summed E-state index contributed by atoms with van der Waals surface area (Å²) >= 11 is 0. The molecule has 0 radical (unpaired) electrons. The van der Waals surface area contributed by atoms with Gasteiger partial charge in [0.25, 0.3) is 5.91 Å². The minimum atomic E-state index is -0.284. The standard InChI is InChI=1S/C21H19FN2O3/c1-26-17-5-2-4-15(12-17)18-13-20(27-23-18)21(25)24-11-3-6-19(24)14-7-9-16(22)10-8-14/h2,4-5,7-10,12-13,19H,3,6,11H2,1H3. The first-order valence-corrected chi connectivity index (χ1v) is 8.83. The second-order valence-electron chi connectivity index (χ2n) is 6.52. The van der Waals surface area contributed by atoms with Crippen LogP contribution in [0.4, 0.5) is 4.39 Å². The number of hydrogen-bond donors (Lipinski definition) is 0. The van der Waals surface area contributed by atoms with E-state index in [0.717, 1.165) is 24.0 Å². The van der Waals surface area contributed by atoms with Crippen molar-refractivity contribution in [2.45, 2.75) is 18.9 Å². The number of carbonyl (C=O) groups is 1. The van der Waals surface area contributed by atoms with E-state index in [1.165, 1.54) is 12.1 Å². The Morgan fingerprint density at radius 1 is 1.22 bits per heavy atom. The summed E-state index contributed by atoms with van der Waals surface area (Å²) in [6.45, 7) is 0.635. The molecule has 0 spiro atoms. The van der Waals surface area contributed by atoms with E-state index in [1.807, 2.05) is 24.3 Å². The highest BCUT2D eigenvalue weighted by Crippen LogP contribution is 2.34. The Labute approximate surface area is 156 Å². The number of amides is 1. The first kappa shape index (κ1) is 17.3. The number of hydrogen-bond acceptors (Lipinski definition) is 4. The Hall–Kier alpha value is -3.15. The number of halogens is 1. The number of nitrogens with zero attached hydrogens (tertiary/aromatic N) is 2. The third-order valence-corrected chi connectivity index (χ3v) is 4.85. The summed E-state index contributed by atoms with van der Waals surface area (Å²) in [6.07, 6.45) is 1.74. The predicted octanol–water partition coefficient (Wildman–Crippen LogP) is 4.47. The molecule has 1 atom stereocenters. The molecule has 2 aromatic carbocycles. The molecule has 0 aliphatic carbocycles. The molecule has 0 N–H and O–H groups in total. The number of methoxy groups -OCH3 is 1. The normalized spacial score (nSPS) is 16.5. The summed E-state index contributed by atoms with van der Waals surface area (Å²) in [4.78, 5) is 14.7. The van der Waals surface area contributed by atoms with Crippen LogP contribution in [-0.4, -0.2) is 29.6 Å². The maximum absolute atomic E-state index is 13.2. The lowest BCUT2D eigenvalue weighted by atomic mass is 10.0. The predicted molar refractivity (Wildman–Crippen MR) is 97.9 cm³/mol. The number of rotatable bonds is 4. The number of aromatic nitrogens is 1. The van der Waals surface area contributed by atoms with E-state index in [9.17, 15) is 9.18 Å². The number of likely N-dealkylation sites (tertiary alicyclic amines) is 1. The van der Waals surface area contributed by atoms with Gasteiger partial charge in [-0.15, -0.1) is 0 Å². The Balaban J connectivity index is 1.57. The zero-order valence-corrected chi connectivity index (χ0v) is 14.9. The monoisotopic (exact) mass is 366 g/mol. The van der Waals surface area contributed by atoms with Gasteiger partial charge < -0.3 is 14.2 Å². The van der Waals surface area contributed by atoms with Crippen LogP contribution in [0, 0.1) is 5.82 Å². The van der Waals surface area contributed by atoms with Crippen molar-refractivity contribution < 1.29 is 18.4 Å². The quantitative estimate of drug-likeness (QED) is 0.684. The van der Waals surface area contributed by atoms with Gasteiger partial charge in [-0.2, -0.15) is 0 Å². The maximum Gasteiger partial charge on any atom is 0.292 e. The zero-order valence-electron chi connectivity index (χ0n) is 14.9. The maximum atomic E-state index is 13.2. The molecule has 27 heavy (non-hydrogen) atoms. The number of benzene rings is 2. The van der Waals surface area contributed by atoms with Gasteiger partial charge in [0.05, 0.1) is 13.2 Å². The van der Waals surface area contributed by atoms with Crippen LogP contribution in [0.3, 0.4) is 0 Å². The van der Waals surface area contributed by atoms with Gasteiger partial charge in [0.15, 0.2) is 0 Å². The average Bonchev–Trinajstić information content (AvgIpc) is 3.38. The first-order chi connectivity index (χ1) is 13.2. The molecule has 0 bridgehead atoms. The van der Waals surface area contributed by atoms with E-state index < -0.39 is 0 Å². The molecule has 0 saturated carbocycles. The highest BCUT2D eigenvalue weighted by molar-refractivity contribution is 5.93. The molecule has 138 valence electrons. The van der Waals surface area contributed by atoms with Crippen molar-refractivity contribution in [3.63, 3.8) is 0 Å². The van der Waals surface area contributed by atoms with E-state index in [-0.39, 0.29) is 23.5 Å². The smallest absolute Gasteiger partial charge is 0.292 e. The third-order valence-electron chi connectivity index (χ3n) is 4.85. The Bertz CT molecular complexity index is 952. The zero-order chi connectivity index (χ0) is 18.8. The van der Waals surface area contributed by atoms with Crippen molar-refractivity contribution in [2.75, 3.05) is 13.7 Å².